The van der Waals surface area contributed by atoms with Crippen LogP contribution in [0.2, 0.25) is 0 Å². The molecule has 1 rings (SSSR count). The Morgan fingerprint density at radius 1 is 1.38 bits per heavy atom. The highest BCUT2D eigenvalue weighted by Gasteiger charge is 2.20. The normalized spacial score (nSPS) is 9.94. The van der Waals surface area contributed by atoms with Gasteiger partial charge >= 0.3 is 5.97 Å². The average molecular weight is 220 g/mol. The average Bonchev–Trinajstić information content (AvgIpc) is 2.44. The zero-order valence-electron chi connectivity index (χ0n) is 10.1. The minimum absolute atomic E-state index is 0.262. The van der Waals surface area contributed by atoms with E-state index in [2.05, 4.69) is 6.07 Å². The molecule has 0 aliphatic rings. The molecule has 0 N–H and O–H groups in total. The van der Waals surface area contributed by atoms with E-state index in [0.717, 1.165) is 17.0 Å². The lowest BCUT2D eigenvalue weighted by molar-refractivity contribution is 0.0524. The van der Waals surface area contributed by atoms with Crippen LogP contribution in [0.25, 0.3) is 0 Å². The van der Waals surface area contributed by atoms with Gasteiger partial charge in [0, 0.05) is 11.4 Å². The molecule has 0 fully saturated rings. The van der Waals surface area contributed by atoms with Gasteiger partial charge in [0.15, 0.2) is 0 Å². The summed E-state index contributed by atoms with van der Waals surface area (Å²) in [4.78, 5) is 11.7. The summed E-state index contributed by atoms with van der Waals surface area (Å²) >= 11 is 0. The standard InChI is InChI=1S/C12H16N2O2/c1-5-16-12(15)11-8(2)9(3)14(7-6-13)10(11)4/h5,7H2,1-4H3. The first-order valence-corrected chi connectivity index (χ1v) is 5.24. The molecular formula is C12H16N2O2. The third kappa shape index (κ3) is 1.94. The van der Waals surface area contributed by atoms with E-state index >= 15 is 0 Å². The molecule has 0 bridgehead atoms. The fourth-order valence-corrected chi connectivity index (χ4v) is 1.85. The first-order valence-electron chi connectivity index (χ1n) is 5.24. The molecule has 0 spiro atoms. The maximum Gasteiger partial charge on any atom is 0.340 e. The first kappa shape index (κ1) is 12.3. The predicted octanol–water partition coefficient (Wildman–Crippen LogP) is 2.11. The van der Waals surface area contributed by atoms with Crippen molar-refractivity contribution in [3.05, 3.63) is 22.5 Å². The summed E-state index contributed by atoms with van der Waals surface area (Å²) in [5.41, 5.74) is 3.23. The van der Waals surface area contributed by atoms with Gasteiger partial charge in [0.2, 0.25) is 0 Å². The van der Waals surface area contributed by atoms with E-state index in [1.54, 1.807) is 6.92 Å². The second-order valence-corrected chi connectivity index (χ2v) is 3.64. The summed E-state index contributed by atoms with van der Waals surface area (Å²) in [5.74, 6) is -0.308. The van der Waals surface area contributed by atoms with Gasteiger partial charge in [-0.25, -0.2) is 4.79 Å². The molecule has 1 aromatic rings. The van der Waals surface area contributed by atoms with E-state index < -0.39 is 0 Å². The molecule has 1 heterocycles. The maximum absolute atomic E-state index is 11.7. The molecule has 0 aliphatic heterocycles. The third-order valence-corrected chi connectivity index (χ3v) is 2.80. The van der Waals surface area contributed by atoms with Crippen LogP contribution in [0, 0.1) is 32.1 Å². The predicted molar refractivity (Wildman–Crippen MR) is 60.2 cm³/mol. The molecule has 86 valence electrons. The second kappa shape index (κ2) is 4.84. The van der Waals surface area contributed by atoms with Crippen LogP contribution < -0.4 is 0 Å². The molecule has 0 saturated heterocycles. The Morgan fingerprint density at radius 2 is 2.00 bits per heavy atom. The molecule has 4 nitrogen and oxygen atoms in total. The second-order valence-electron chi connectivity index (χ2n) is 3.64. The van der Waals surface area contributed by atoms with Crippen LogP contribution in [0.15, 0.2) is 0 Å². The van der Waals surface area contributed by atoms with Gasteiger partial charge in [-0.05, 0) is 33.3 Å². The lowest BCUT2D eigenvalue weighted by Crippen LogP contribution is -2.08. The number of nitrogens with zero attached hydrogens (tertiary/aromatic N) is 2. The van der Waals surface area contributed by atoms with Gasteiger partial charge in [-0.2, -0.15) is 5.26 Å². The first-order chi connectivity index (χ1) is 7.54. The molecule has 1 aromatic heterocycles. The van der Waals surface area contributed by atoms with E-state index in [0.29, 0.717) is 12.2 Å². The molecule has 4 heteroatoms. The maximum atomic E-state index is 11.7. The smallest absolute Gasteiger partial charge is 0.340 e. The van der Waals surface area contributed by atoms with Crippen molar-refractivity contribution in [2.24, 2.45) is 0 Å². The quantitative estimate of drug-likeness (QED) is 0.733. The molecule has 0 aliphatic carbocycles. The van der Waals surface area contributed by atoms with Crippen molar-refractivity contribution in [3.63, 3.8) is 0 Å². The number of carbonyl (C=O) groups excluding carboxylic acids is 1. The van der Waals surface area contributed by atoms with Crippen molar-refractivity contribution in [3.8, 4) is 6.07 Å². The lowest BCUT2D eigenvalue weighted by atomic mass is 10.1. The number of hydrogen-bond donors (Lipinski definition) is 0. The number of carbonyl (C=O) groups is 1. The Hall–Kier alpha value is -1.76. The van der Waals surface area contributed by atoms with Gasteiger partial charge in [-0.15, -0.1) is 0 Å². The van der Waals surface area contributed by atoms with Crippen molar-refractivity contribution in [1.29, 1.82) is 5.26 Å². The molecule has 0 saturated carbocycles. The Bertz CT molecular complexity index is 453. The van der Waals surface area contributed by atoms with Crippen LogP contribution in [-0.4, -0.2) is 17.1 Å². The number of ether oxygens (including phenoxy) is 1. The third-order valence-electron chi connectivity index (χ3n) is 2.80. The fourth-order valence-electron chi connectivity index (χ4n) is 1.85. The Morgan fingerprint density at radius 3 is 2.50 bits per heavy atom. The highest BCUT2D eigenvalue weighted by atomic mass is 16.5. The number of aromatic nitrogens is 1. The van der Waals surface area contributed by atoms with Gasteiger partial charge in [-0.1, -0.05) is 0 Å². The van der Waals surface area contributed by atoms with Crippen molar-refractivity contribution in [2.45, 2.75) is 34.2 Å². The summed E-state index contributed by atoms with van der Waals surface area (Å²) in [5, 5.41) is 8.72. The molecule has 16 heavy (non-hydrogen) atoms. The summed E-state index contributed by atoms with van der Waals surface area (Å²) < 4.78 is 6.84. The van der Waals surface area contributed by atoms with Gasteiger partial charge in [0.25, 0.3) is 0 Å². The molecule has 0 radical (unpaired) electrons. The SMILES string of the molecule is CCOC(=O)c1c(C)c(C)n(CC#N)c1C. The van der Waals surface area contributed by atoms with Crippen molar-refractivity contribution in [2.75, 3.05) is 6.61 Å². The number of rotatable bonds is 3. The molecule has 0 amide bonds. The van der Waals surface area contributed by atoms with Crippen LogP contribution in [0.3, 0.4) is 0 Å². The van der Waals surface area contributed by atoms with Gasteiger partial charge in [-0.3, -0.25) is 0 Å². The van der Waals surface area contributed by atoms with Crippen LogP contribution in [0.5, 0.6) is 0 Å². The lowest BCUT2D eigenvalue weighted by Gasteiger charge is -2.04. The van der Waals surface area contributed by atoms with Gasteiger partial charge in [0.05, 0.1) is 18.2 Å². The monoisotopic (exact) mass is 220 g/mol. The van der Waals surface area contributed by atoms with Gasteiger partial charge < -0.3 is 9.30 Å². The molecule has 0 aromatic carbocycles. The van der Waals surface area contributed by atoms with Crippen molar-refractivity contribution < 1.29 is 9.53 Å². The van der Waals surface area contributed by atoms with E-state index in [-0.39, 0.29) is 12.5 Å². The van der Waals surface area contributed by atoms with Crippen molar-refractivity contribution in [1.82, 2.24) is 4.57 Å². The summed E-state index contributed by atoms with van der Waals surface area (Å²) in [6.45, 7) is 8.02. The fraction of sp³-hybridized carbons (Fsp3) is 0.500. The summed E-state index contributed by atoms with van der Waals surface area (Å²) in [6.07, 6.45) is 0. The highest BCUT2D eigenvalue weighted by molar-refractivity contribution is 5.93. The number of esters is 1. The van der Waals surface area contributed by atoms with E-state index in [4.69, 9.17) is 10.00 Å². The molecule has 0 unspecified atom stereocenters. The minimum Gasteiger partial charge on any atom is -0.462 e. The van der Waals surface area contributed by atoms with E-state index in [1.807, 2.05) is 25.3 Å². The minimum atomic E-state index is -0.308. The largest absolute Gasteiger partial charge is 0.462 e. The van der Waals surface area contributed by atoms with Crippen molar-refractivity contribution >= 4 is 5.97 Å². The zero-order valence-corrected chi connectivity index (χ0v) is 10.1. The summed E-state index contributed by atoms with van der Waals surface area (Å²) in [6, 6.07) is 2.09. The Labute approximate surface area is 95.4 Å². The van der Waals surface area contributed by atoms with Crippen LogP contribution in [0.1, 0.15) is 34.2 Å². The van der Waals surface area contributed by atoms with Crippen LogP contribution in [-0.2, 0) is 11.3 Å². The Balaban J connectivity index is 3.26. The van der Waals surface area contributed by atoms with E-state index in [9.17, 15) is 4.79 Å². The molecule has 0 atom stereocenters. The topological polar surface area (TPSA) is 55.0 Å². The van der Waals surface area contributed by atoms with Crippen LogP contribution in [0.4, 0.5) is 0 Å². The van der Waals surface area contributed by atoms with E-state index in [1.165, 1.54) is 0 Å². The zero-order chi connectivity index (χ0) is 12.3. The Kier molecular flexibility index (Phi) is 3.73. The highest BCUT2D eigenvalue weighted by Crippen LogP contribution is 2.22. The number of nitriles is 1. The van der Waals surface area contributed by atoms with Gasteiger partial charge in [0.1, 0.15) is 6.54 Å². The molecular weight excluding hydrogens is 204 g/mol. The van der Waals surface area contributed by atoms with Crippen LogP contribution >= 0.6 is 0 Å². The number of hydrogen-bond acceptors (Lipinski definition) is 3. The summed E-state index contributed by atoms with van der Waals surface area (Å²) in [7, 11) is 0.